The zero-order valence-corrected chi connectivity index (χ0v) is 22.0. The average molecular weight is 483 g/mol. The second-order valence-electron chi connectivity index (χ2n) is 8.69. The Morgan fingerprint density at radius 1 is 0.655 bits per heavy atom. The Kier molecular flexibility index (Phi) is 8.57. The van der Waals surface area contributed by atoms with E-state index in [0.29, 0.717) is 0 Å². The van der Waals surface area contributed by atoms with Crippen LogP contribution in [0, 0.1) is 0 Å². The summed E-state index contributed by atoms with van der Waals surface area (Å²) < 4.78 is 32.5. The van der Waals surface area contributed by atoms with Gasteiger partial charge in [0.1, 0.15) is 5.75 Å². The van der Waals surface area contributed by atoms with Gasteiger partial charge in [-0.3, -0.25) is 13.7 Å². The van der Waals surface area contributed by atoms with Crippen molar-refractivity contribution in [3.63, 3.8) is 0 Å². The number of phenolic OH excluding ortho intramolecular Hbond substituents is 1. The van der Waals surface area contributed by atoms with E-state index in [-0.39, 0.29) is 46.4 Å². The fourth-order valence-corrected chi connectivity index (χ4v) is 8.45. The van der Waals surface area contributed by atoms with E-state index >= 15 is 0 Å². The van der Waals surface area contributed by atoms with Crippen LogP contribution in [0.25, 0.3) is 0 Å². The third kappa shape index (κ3) is 5.28. The molecular weight excluding hydrogens is 456 g/mol. The number of rotatable bonds is 4. The van der Waals surface area contributed by atoms with Crippen molar-refractivity contribution in [3.05, 3.63) is 28.8 Å². The molecule has 0 radical (unpaired) electrons. The zero-order chi connectivity index (χ0) is 22.7. The first-order valence-corrected chi connectivity index (χ1v) is 12.9. The minimum absolute atomic E-state index is 0. The molecule has 0 aliphatic rings. The van der Waals surface area contributed by atoms with Crippen molar-refractivity contribution in [1.29, 1.82) is 0 Å². The van der Waals surface area contributed by atoms with Gasteiger partial charge in [-0.1, -0.05) is 41.5 Å². The molecule has 162 valence electrons. The number of benzene rings is 1. The summed E-state index contributed by atoms with van der Waals surface area (Å²) in [6.45, 7) is 9.70. The van der Waals surface area contributed by atoms with Crippen LogP contribution >= 0.6 is 22.8 Å². The van der Waals surface area contributed by atoms with Gasteiger partial charge in [0, 0.05) is 0 Å². The second kappa shape index (κ2) is 8.43. The van der Waals surface area contributed by atoms with E-state index in [2.05, 4.69) is 0 Å². The van der Waals surface area contributed by atoms with E-state index < -0.39 is 43.8 Å². The molecule has 0 aromatic heterocycles. The third-order valence-corrected chi connectivity index (χ3v) is 12.2. The Morgan fingerprint density at radius 3 is 1.07 bits per heavy atom. The van der Waals surface area contributed by atoms with Gasteiger partial charge in [0.2, 0.25) is 0 Å². The van der Waals surface area contributed by atoms with Crippen LogP contribution in [0.15, 0.2) is 12.1 Å². The molecule has 10 nitrogen and oxygen atoms in total. The van der Waals surface area contributed by atoms with E-state index in [1.54, 1.807) is 41.5 Å². The molecule has 0 amide bonds. The fourth-order valence-electron chi connectivity index (χ4n) is 2.99. The summed E-state index contributed by atoms with van der Waals surface area (Å²) >= 11 is 0. The van der Waals surface area contributed by atoms with Crippen molar-refractivity contribution in [2.45, 2.75) is 57.0 Å². The molecule has 14 heteroatoms. The molecule has 1 rings (SSSR count). The van der Waals surface area contributed by atoms with Crippen molar-refractivity contribution >= 4 is 22.8 Å². The largest absolute Gasteiger partial charge is 1.00 e. The quantitative estimate of drug-likeness (QED) is 0.220. The zero-order valence-electron chi connectivity index (χ0n) is 17.4. The standard InChI is InChI=1S/C15H27O10P3.Na/c1-13(2,3)10-7-9(8-11(12(10)16)14(4,5)6)15(26(17,18)19,27(20,21)22)28(23,24)25;/h7-8,16H,1-6H3,(H2,17,18,19)(H2,20,21,22)(H2,23,24,25);/q;+1. The molecule has 29 heavy (non-hydrogen) atoms. The summed E-state index contributed by atoms with van der Waals surface area (Å²) in [6.07, 6.45) is 0. The maximum atomic E-state index is 12.2. The predicted octanol–water partition coefficient (Wildman–Crippen LogP) is -0.365. The van der Waals surface area contributed by atoms with E-state index in [9.17, 15) is 48.2 Å². The third-order valence-electron chi connectivity index (χ3n) is 4.33. The van der Waals surface area contributed by atoms with Crippen LogP contribution < -0.4 is 29.6 Å². The van der Waals surface area contributed by atoms with Gasteiger partial charge in [-0.15, -0.1) is 0 Å². The average Bonchev–Trinajstić information content (AvgIpc) is 2.32. The molecule has 7 N–H and O–H groups in total. The van der Waals surface area contributed by atoms with Crippen molar-refractivity contribution in [1.82, 2.24) is 0 Å². The minimum atomic E-state index is -6.14. The molecule has 0 saturated carbocycles. The Balaban J connectivity index is 0.00000784. The summed E-state index contributed by atoms with van der Waals surface area (Å²) in [5, 5.41) is 10.7. The van der Waals surface area contributed by atoms with Crippen LogP contribution in [0.4, 0.5) is 0 Å². The van der Waals surface area contributed by atoms with Gasteiger partial charge in [0.05, 0.1) is 0 Å². The van der Waals surface area contributed by atoms with Crippen molar-refractivity contribution < 1.29 is 77.7 Å². The van der Waals surface area contributed by atoms with Crippen LogP contribution in [0.2, 0.25) is 0 Å². The van der Waals surface area contributed by atoms with Gasteiger partial charge in [-0.05, 0) is 39.7 Å². The molecule has 0 aliphatic carbocycles. The molecule has 1 aromatic carbocycles. The molecule has 0 spiro atoms. The molecule has 0 fully saturated rings. The monoisotopic (exact) mass is 483 g/mol. The topological polar surface area (TPSA) is 193 Å². The van der Waals surface area contributed by atoms with Gasteiger partial charge in [0.25, 0.3) is 4.64 Å². The molecule has 0 heterocycles. The first-order valence-electron chi connectivity index (χ1n) is 8.05. The summed E-state index contributed by atoms with van der Waals surface area (Å²) in [4.78, 5) is 58.6. The van der Waals surface area contributed by atoms with Crippen LogP contribution in [-0.4, -0.2) is 34.5 Å². The molecule has 0 aliphatic heterocycles. The number of phenols is 1. The Hall–Kier alpha value is 0.470. The predicted molar refractivity (Wildman–Crippen MR) is 103 cm³/mol. The molecule has 0 bridgehead atoms. The van der Waals surface area contributed by atoms with Crippen LogP contribution in [0.5, 0.6) is 5.75 Å². The van der Waals surface area contributed by atoms with E-state index in [1.165, 1.54) is 0 Å². The molecule has 0 unspecified atom stereocenters. The molecule has 1 aromatic rings. The first-order chi connectivity index (χ1) is 12.0. The maximum absolute atomic E-state index is 12.2. The SMILES string of the molecule is CC(C)(C)c1cc(C(P(=O)(O)O)(P(=O)(O)O)P(=O)(O)O)cc(C(C)(C)C)c1O.[Na+]. The van der Waals surface area contributed by atoms with Gasteiger partial charge in [-0.25, -0.2) is 0 Å². The van der Waals surface area contributed by atoms with E-state index in [0.717, 1.165) is 12.1 Å². The maximum Gasteiger partial charge on any atom is 1.00 e. The molecular formula is C15H27NaO10P3+. The minimum Gasteiger partial charge on any atom is -0.507 e. The van der Waals surface area contributed by atoms with Crippen LogP contribution in [-0.2, 0) is 29.2 Å². The summed E-state index contributed by atoms with van der Waals surface area (Å²) in [5.41, 5.74) is -2.66. The van der Waals surface area contributed by atoms with Crippen LogP contribution in [0.1, 0.15) is 58.2 Å². The number of aromatic hydroxyl groups is 1. The number of hydrogen-bond acceptors (Lipinski definition) is 4. The Morgan fingerprint density at radius 2 is 0.897 bits per heavy atom. The van der Waals surface area contributed by atoms with Crippen molar-refractivity contribution in [2.75, 3.05) is 0 Å². The molecule has 0 saturated heterocycles. The van der Waals surface area contributed by atoms with Gasteiger partial charge >= 0.3 is 52.3 Å². The fraction of sp³-hybridized carbons (Fsp3) is 0.600. The smallest absolute Gasteiger partial charge is 0.507 e. The Labute approximate surface area is 191 Å². The Bertz CT molecular complexity index is 823. The normalized spacial score (nSPS) is 14.5. The summed E-state index contributed by atoms with van der Waals surface area (Å²) in [7, 11) is -18.4. The van der Waals surface area contributed by atoms with Gasteiger partial charge in [0.15, 0.2) is 0 Å². The second-order valence-corrected chi connectivity index (χ2v) is 15.0. The molecule has 0 atom stereocenters. The first kappa shape index (κ1) is 29.5. The van der Waals surface area contributed by atoms with E-state index in [4.69, 9.17) is 0 Å². The number of hydrogen-bond donors (Lipinski definition) is 7. The van der Waals surface area contributed by atoms with Gasteiger partial charge < -0.3 is 34.5 Å². The summed E-state index contributed by atoms with van der Waals surface area (Å²) in [5.74, 6) is -0.292. The van der Waals surface area contributed by atoms with Crippen molar-refractivity contribution in [2.24, 2.45) is 0 Å². The van der Waals surface area contributed by atoms with E-state index in [1.807, 2.05) is 0 Å². The summed E-state index contributed by atoms with van der Waals surface area (Å²) in [6, 6.07) is 1.67. The van der Waals surface area contributed by atoms with Crippen molar-refractivity contribution in [3.8, 4) is 5.75 Å². The van der Waals surface area contributed by atoms with Crippen LogP contribution in [0.3, 0.4) is 0 Å². The van der Waals surface area contributed by atoms with Gasteiger partial charge in [-0.2, -0.15) is 0 Å².